The van der Waals surface area contributed by atoms with E-state index in [1.54, 1.807) is 0 Å². The fraction of sp³-hybridized carbons (Fsp3) is 0.500. The molecule has 1 aliphatic carbocycles. The number of hydrogen-bond acceptors (Lipinski definition) is 3. The van der Waals surface area contributed by atoms with E-state index in [4.69, 9.17) is 13.9 Å². The molecule has 2 aromatic rings. The minimum Gasteiger partial charge on any atom is -0.404 e. The fourth-order valence-corrected chi connectivity index (χ4v) is 9.67. The van der Waals surface area contributed by atoms with Gasteiger partial charge in [-0.2, -0.15) is 0 Å². The Morgan fingerprint density at radius 3 is 1.64 bits per heavy atom. The summed E-state index contributed by atoms with van der Waals surface area (Å²) in [4.78, 5) is 0. The molecule has 1 saturated heterocycles. The molecule has 1 heterocycles. The maximum Gasteiger partial charge on any atom is 0.261 e. The second-order valence-electron chi connectivity index (χ2n) is 9.59. The van der Waals surface area contributed by atoms with Crippen molar-refractivity contribution in [2.75, 3.05) is 0 Å². The lowest BCUT2D eigenvalue weighted by molar-refractivity contribution is -0.155. The zero-order valence-corrected chi connectivity index (χ0v) is 18.6. The van der Waals surface area contributed by atoms with Gasteiger partial charge in [-0.05, 0) is 29.3 Å². The van der Waals surface area contributed by atoms with E-state index in [1.165, 1.54) is 10.4 Å². The van der Waals surface area contributed by atoms with Crippen molar-refractivity contribution in [1.29, 1.82) is 0 Å². The van der Waals surface area contributed by atoms with Crippen LogP contribution in [0.1, 0.15) is 47.5 Å². The van der Waals surface area contributed by atoms with Gasteiger partial charge in [0.25, 0.3) is 8.32 Å². The molecule has 2 atom stereocenters. The zero-order chi connectivity index (χ0) is 20.0. The standard InChI is InChI=1S/C24H32O3Si/c1-23(2,3)28(19-12-8-6-9-13-19,20-14-10-7-11-15-20)27-18-16-21-22(17-18)26-24(4,5)25-21/h6-15,18,21-22H,16-17H2,1-5H3. The van der Waals surface area contributed by atoms with E-state index in [9.17, 15) is 0 Å². The highest BCUT2D eigenvalue weighted by atomic mass is 28.4. The summed E-state index contributed by atoms with van der Waals surface area (Å²) in [7, 11) is -2.51. The highest BCUT2D eigenvalue weighted by molar-refractivity contribution is 6.99. The SMILES string of the molecule is CC1(C)OC2CC(O[Si](c3ccccc3)(c3ccccc3)C(C)(C)C)CC2O1. The van der Waals surface area contributed by atoms with E-state index in [2.05, 4.69) is 81.4 Å². The first kappa shape index (κ1) is 19.8. The number of benzene rings is 2. The van der Waals surface area contributed by atoms with Crippen LogP contribution in [0.2, 0.25) is 5.04 Å². The van der Waals surface area contributed by atoms with Gasteiger partial charge in [-0.25, -0.2) is 0 Å². The van der Waals surface area contributed by atoms with Crippen molar-refractivity contribution >= 4 is 18.7 Å². The molecule has 1 saturated carbocycles. The van der Waals surface area contributed by atoms with Crippen molar-refractivity contribution in [2.24, 2.45) is 0 Å². The molecule has 4 rings (SSSR count). The monoisotopic (exact) mass is 396 g/mol. The molecule has 2 unspecified atom stereocenters. The van der Waals surface area contributed by atoms with E-state index >= 15 is 0 Å². The summed E-state index contributed by atoms with van der Waals surface area (Å²) >= 11 is 0. The number of rotatable bonds is 4. The lowest BCUT2D eigenvalue weighted by Gasteiger charge is -2.44. The minimum absolute atomic E-state index is 0.00556. The van der Waals surface area contributed by atoms with Crippen LogP contribution in [0.15, 0.2) is 60.7 Å². The molecule has 0 N–H and O–H groups in total. The molecule has 0 bridgehead atoms. The molecule has 2 aliphatic rings. The Morgan fingerprint density at radius 1 is 0.821 bits per heavy atom. The number of hydrogen-bond donors (Lipinski definition) is 0. The van der Waals surface area contributed by atoms with Gasteiger partial charge in [0, 0.05) is 12.8 Å². The van der Waals surface area contributed by atoms with E-state index < -0.39 is 14.1 Å². The summed E-state index contributed by atoms with van der Waals surface area (Å²) in [6.07, 6.45) is 2.23. The Bertz CT molecular complexity index is 742. The molecule has 0 spiro atoms. The Balaban J connectivity index is 1.72. The van der Waals surface area contributed by atoms with Crippen molar-refractivity contribution in [1.82, 2.24) is 0 Å². The molecule has 2 fully saturated rings. The summed E-state index contributed by atoms with van der Waals surface area (Å²) in [6, 6.07) is 21.7. The first-order chi connectivity index (χ1) is 13.2. The van der Waals surface area contributed by atoms with Crippen LogP contribution >= 0.6 is 0 Å². The van der Waals surface area contributed by atoms with Crippen LogP contribution in [-0.4, -0.2) is 32.4 Å². The van der Waals surface area contributed by atoms with Crippen LogP contribution in [-0.2, 0) is 13.9 Å². The summed E-state index contributed by atoms with van der Waals surface area (Å²) in [5.74, 6) is -0.474. The van der Waals surface area contributed by atoms with Gasteiger partial charge < -0.3 is 13.9 Å². The van der Waals surface area contributed by atoms with Gasteiger partial charge in [0.05, 0.1) is 18.3 Å². The lowest BCUT2D eigenvalue weighted by atomic mass is 10.2. The van der Waals surface area contributed by atoms with Crippen LogP contribution in [0.25, 0.3) is 0 Å². The van der Waals surface area contributed by atoms with Crippen molar-refractivity contribution in [3.63, 3.8) is 0 Å². The predicted octanol–water partition coefficient (Wildman–Crippen LogP) is 4.25. The first-order valence-corrected chi connectivity index (χ1v) is 12.3. The Kier molecular flexibility index (Phi) is 5.03. The highest BCUT2D eigenvalue weighted by Gasteiger charge is 2.55. The van der Waals surface area contributed by atoms with Crippen LogP contribution < -0.4 is 10.4 Å². The second-order valence-corrected chi connectivity index (χ2v) is 13.8. The van der Waals surface area contributed by atoms with Gasteiger partial charge in [0.1, 0.15) is 0 Å². The van der Waals surface area contributed by atoms with Gasteiger partial charge in [0.15, 0.2) is 5.79 Å². The van der Waals surface area contributed by atoms with Gasteiger partial charge in [-0.15, -0.1) is 0 Å². The third-order valence-electron chi connectivity index (χ3n) is 6.04. The van der Waals surface area contributed by atoms with E-state index in [1.807, 2.05) is 13.8 Å². The summed E-state index contributed by atoms with van der Waals surface area (Å²) < 4.78 is 19.5. The summed E-state index contributed by atoms with van der Waals surface area (Å²) in [5, 5.41) is 2.65. The van der Waals surface area contributed by atoms with Crippen LogP contribution in [0.4, 0.5) is 0 Å². The van der Waals surface area contributed by atoms with Crippen molar-refractivity contribution in [3.05, 3.63) is 60.7 Å². The van der Waals surface area contributed by atoms with E-state index in [0.717, 1.165) is 12.8 Å². The van der Waals surface area contributed by atoms with Gasteiger partial charge in [-0.1, -0.05) is 81.4 Å². The Morgan fingerprint density at radius 2 is 1.25 bits per heavy atom. The number of fused-ring (bicyclic) bond motifs is 1. The van der Waals surface area contributed by atoms with Gasteiger partial charge >= 0.3 is 0 Å². The summed E-state index contributed by atoms with van der Waals surface area (Å²) in [6.45, 7) is 11.0. The molecule has 0 aromatic heterocycles. The largest absolute Gasteiger partial charge is 0.404 e. The molecule has 0 amide bonds. The summed E-state index contributed by atoms with van der Waals surface area (Å²) in [5.41, 5.74) is 0. The molecule has 28 heavy (non-hydrogen) atoms. The molecule has 2 aromatic carbocycles. The first-order valence-electron chi connectivity index (χ1n) is 10.4. The minimum atomic E-state index is -2.51. The third kappa shape index (κ3) is 3.48. The van der Waals surface area contributed by atoms with Crippen molar-refractivity contribution in [2.45, 2.75) is 76.6 Å². The third-order valence-corrected chi connectivity index (χ3v) is 11.1. The molecule has 0 radical (unpaired) electrons. The zero-order valence-electron chi connectivity index (χ0n) is 17.6. The quantitative estimate of drug-likeness (QED) is 0.723. The lowest BCUT2D eigenvalue weighted by Crippen LogP contribution is -2.67. The van der Waals surface area contributed by atoms with Crippen molar-refractivity contribution < 1.29 is 13.9 Å². The van der Waals surface area contributed by atoms with Crippen LogP contribution in [0.5, 0.6) is 0 Å². The molecule has 3 nitrogen and oxygen atoms in total. The molecular weight excluding hydrogens is 364 g/mol. The van der Waals surface area contributed by atoms with Crippen LogP contribution in [0, 0.1) is 0 Å². The van der Waals surface area contributed by atoms with Gasteiger partial charge in [0.2, 0.25) is 0 Å². The smallest absolute Gasteiger partial charge is 0.261 e. The van der Waals surface area contributed by atoms with E-state index in [0.29, 0.717) is 0 Å². The Labute approximate surface area is 170 Å². The predicted molar refractivity (Wildman–Crippen MR) is 116 cm³/mol. The van der Waals surface area contributed by atoms with Gasteiger partial charge in [-0.3, -0.25) is 0 Å². The van der Waals surface area contributed by atoms with Crippen LogP contribution in [0.3, 0.4) is 0 Å². The highest BCUT2D eigenvalue weighted by Crippen LogP contribution is 2.43. The van der Waals surface area contributed by atoms with Crippen molar-refractivity contribution in [3.8, 4) is 0 Å². The Hall–Kier alpha value is -1.46. The normalized spacial score (nSPS) is 27.0. The maximum atomic E-state index is 7.22. The average Bonchev–Trinajstić information content (AvgIpc) is 3.12. The fourth-order valence-electron chi connectivity index (χ4n) is 4.96. The topological polar surface area (TPSA) is 27.7 Å². The maximum absolute atomic E-state index is 7.22. The molecule has 1 aliphatic heterocycles. The molecular formula is C24H32O3Si. The second kappa shape index (κ2) is 7.10. The molecule has 4 heteroatoms. The number of ether oxygens (including phenoxy) is 2. The van der Waals surface area contributed by atoms with E-state index in [-0.39, 0.29) is 23.4 Å². The average molecular weight is 397 g/mol. The molecule has 150 valence electrons.